The largest absolute Gasteiger partial charge is 0.354 e. The molecular weight excluding hydrogens is 326 g/mol. The van der Waals surface area contributed by atoms with E-state index >= 15 is 0 Å². The van der Waals surface area contributed by atoms with E-state index in [-0.39, 0.29) is 11.8 Å². The van der Waals surface area contributed by atoms with Gasteiger partial charge in [0.1, 0.15) is 6.04 Å². The number of aryl methyl sites for hydroxylation is 1. The van der Waals surface area contributed by atoms with Gasteiger partial charge < -0.3 is 15.2 Å². The van der Waals surface area contributed by atoms with E-state index in [4.69, 9.17) is 0 Å². The molecule has 0 saturated carbocycles. The van der Waals surface area contributed by atoms with Crippen LogP contribution in [-0.2, 0) is 17.8 Å². The smallest absolute Gasteiger partial charge is 0.252 e. The molecule has 0 spiro atoms. The van der Waals surface area contributed by atoms with Crippen LogP contribution in [0.25, 0.3) is 10.9 Å². The van der Waals surface area contributed by atoms with Crippen LogP contribution >= 0.6 is 0 Å². The minimum atomic E-state index is -0.496. The summed E-state index contributed by atoms with van der Waals surface area (Å²) in [6.45, 7) is 1.42. The van der Waals surface area contributed by atoms with Crippen LogP contribution in [0.1, 0.15) is 22.3 Å². The number of hydrogen-bond acceptors (Lipinski definition) is 2. The molecule has 0 fully saturated rings. The molecule has 2 heterocycles. The highest BCUT2D eigenvalue weighted by molar-refractivity contribution is 6.00. The Balaban J connectivity index is 1.30. The summed E-state index contributed by atoms with van der Waals surface area (Å²) in [6.07, 6.45) is 3.45. The third kappa shape index (κ3) is 3.20. The molecule has 2 N–H and O–H groups in total. The molecule has 1 aromatic heterocycles. The maximum atomic E-state index is 12.4. The SMILES string of the molecule is O=C1NC(C(=O)NCCCn2ccc3ccccc32)Cc2ccccc21. The van der Waals surface area contributed by atoms with E-state index in [1.807, 2.05) is 30.3 Å². The molecule has 0 aliphatic carbocycles. The summed E-state index contributed by atoms with van der Waals surface area (Å²) in [6, 6.07) is 17.3. The Kier molecular flexibility index (Phi) is 4.44. The van der Waals surface area contributed by atoms with Crippen molar-refractivity contribution in [3.05, 3.63) is 71.9 Å². The van der Waals surface area contributed by atoms with Gasteiger partial charge >= 0.3 is 0 Å². The predicted molar refractivity (Wildman–Crippen MR) is 101 cm³/mol. The molecule has 1 aliphatic rings. The molecule has 1 atom stereocenters. The normalized spacial score (nSPS) is 16.2. The molecule has 26 heavy (non-hydrogen) atoms. The summed E-state index contributed by atoms with van der Waals surface area (Å²) in [5.74, 6) is -0.295. The van der Waals surface area contributed by atoms with Crippen molar-refractivity contribution in [2.24, 2.45) is 0 Å². The molecule has 5 nitrogen and oxygen atoms in total. The van der Waals surface area contributed by atoms with E-state index in [9.17, 15) is 9.59 Å². The molecule has 0 bridgehead atoms. The number of benzene rings is 2. The van der Waals surface area contributed by atoms with Crippen molar-refractivity contribution < 1.29 is 9.59 Å². The van der Waals surface area contributed by atoms with E-state index in [1.54, 1.807) is 6.07 Å². The molecule has 1 unspecified atom stereocenters. The van der Waals surface area contributed by atoms with Gasteiger partial charge in [0, 0.05) is 36.8 Å². The van der Waals surface area contributed by atoms with Crippen LogP contribution in [0, 0.1) is 0 Å². The molecule has 132 valence electrons. The maximum absolute atomic E-state index is 12.4. The van der Waals surface area contributed by atoms with Gasteiger partial charge in [-0.2, -0.15) is 0 Å². The zero-order valence-electron chi connectivity index (χ0n) is 14.4. The minimum absolute atomic E-state index is 0.120. The molecule has 4 rings (SSSR count). The topological polar surface area (TPSA) is 63.1 Å². The lowest BCUT2D eigenvalue weighted by molar-refractivity contribution is -0.123. The zero-order chi connectivity index (χ0) is 17.9. The van der Waals surface area contributed by atoms with Crippen molar-refractivity contribution >= 4 is 22.7 Å². The standard InChI is InChI=1S/C21H21N3O2/c25-20-17-8-3-1-7-16(17)14-18(23-20)21(26)22-11-5-12-24-13-10-15-6-2-4-9-19(15)24/h1-4,6-10,13,18H,5,11-12,14H2,(H,22,26)(H,23,25). The average molecular weight is 347 g/mol. The summed E-state index contributed by atoms with van der Waals surface area (Å²) >= 11 is 0. The van der Waals surface area contributed by atoms with E-state index in [0.717, 1.165) is 18.5 Å². The average Bonchev–Trinajstić information content (AvgIpc) is 3.08. The van der Waals surface area contributed by atoms with Crippen molar-refractivity contribution in [2.75, 3.05) is 6.54 Å². The van der Waals surface area contributed by atoms with Gasteiger partial charge in [-0.05, 0) is 35.6 Å². The van der Waals surface area contributed by atoms with Gasteiger partial charge in [0.15, 0.2) is 0 Å². The second kappa shape index (κ2) is 7.04. The van der Waals surface area contributed by atoms with Crippen LogP contribution < -0.4 is 10.6 Å². The Hall–Kier alpha value is -3.08. The fourth-order valence-corrected chi connectivity index (χ4v) is 3.50. The van der Waals surface area contributed by atoms with Gasteiger partial charge in [-0.1, -0.05) is 36.4 Å². The van der Waals surface area contributed by atoms with Gasteiger partial charge in [-0.3, -0.25) is 9.59 Å². The summed E-state index contributed by atoms with van der Waals surface area (Å²) in [4.78, 5) is 24.5. The Morgan fingerprint density at radius 3 is 2.85 bits per heavy atom. The molecule has 1 aliphatic heterocycles. The first kappa shape index (κ1) is 16.4. The van der Waals surface area contributed by atoms with Crippen LogP contribution in [0.4, 0.5) is 0 Å². The Morgan fingerprint density at radius 1 is 1.12 bits per heavy atom. The minimum Gasteiger partial charge on any atom is -0.354 e. The summed E-state index contributed by atoms with van der Waals surface area (Å²) < 4.78 is 2.19. The molecule has 0 radical (unpaired) electrons. The Labute approximate surface area is 152 Å². The lowest BCUT2D eigenvalue weighted by Gasteiger charge is -2.24. The number of amides is 2. The van der Waals surface area contributed by atoms with Crippen LogP contribution in [0.2, 0.25) is 0 Å². The maximum Gasteiger partial charge on any atom is 0.252 e. The van der Waals surface area contributed by atoms with E-state index in [0.29, 0.717) is 18.5 Å². The van der Waals surface area contributed by atoms with Crippen molar-refractivity contribution in [1.82, 2.24) is 15.2 Å². The Morgan fingerprint density at radius 2 is 1.92 bits per heavy atom. The second-order valence-electron chi connectivity index (χ2n) is 6.60. The number of nitrogens with zero attached hydrogens (tertiary/aromatic N) is 1. The number of hydrogen-bond donors (Lipinski definition) is 2. The van der Waals surface area contributed by atoms with Gasteiger partial charge in [0.25, 0.3) is 5.91 Å². The molecule has 5 heteroatoms. The first-order chi connectivity index (χ1) is 12.7. The number of nitrogens with one attached hydrogen (secondary N) is 2. The molecular formula is C21H21N3O2. The van der Waals surface area contributed by atoms with Crippen molar-refractivity contribution in [2.45, 2.75) is 25.4 Å². The fourth-order valence-electron chi connectivity index (χ4n) is 3.50. The third-order valence-electron chi connectivity index (χ3n) is 4.86. The van der Waals surface area contributed by atoms with Gasteiger partial charge in [0.05, 0.1) is 0 Å². The first-order valence-corrected chi connectivity index (χ1v) is 8.93. The fraction of sp³-hybridized carbons (Fsp3) is 0.238. The summed E-state index contributed by atoms with van der Waals surface area (Å²) in [5.41, 5.74) is 2.79. The molecule has 3 aromatic rings. The quantitative estimate of drug-likeness (QED) is 0.697. The second-order valence-corrected chi connectivity index (χ2v) is 6.60. The molecule has 2 amide bonds. The van der Waals surface area contributed by atoms with Gasteiger partial charge in [0.2, 0.25) is 5.91 Å². The number of rotatable bonds is 5. The zero-order valence-corrected chi connectivity index (χ0v) is 14.4. The first-order valence-electron chi connectivity index (χ1n) is 8.93. The molecule has 2 aromatic carbocycles. The lowest BCUT2D eigenvalue weighted by atomic mass is 9.95. The Bertz CT molecular complexity index is 961. The van der Waals surface area contributed by atoms with Crippen molar-refractivity contribution in [3.8, 4) is 0 Å². The predicted octanol–water partition coefficient (Wildman–Crippen LogP) is 2.50. The number of para-hydroxylation sites is 1. The van der Waals surface area contributed by atoms with Crippen LogP contribution in [-0.4, -0.2) is 29.0 Å². The van der Waals surface area contributed by atoms with E-state index in [1.165, 1.54) is 10.9 Å². The number of aromatic nitrogens is 1. The highest BCUT2D eigenvalue weighted by Crippen LogP contribution is 2.17. The highest BCUT2D eigenvalue weighted by Gasteiger charge is 2.28. The van der Waals surface area contributed by atoms with Crippen LogP contribution in [0.15, 0.2) is 60.8 Å². The summed E-state index contributed by atoms with van der Waals surface area (Å²) in [5, 5.41) is 6.96. The third-order valence-corrected chi connectivity index (χ3v) is 4.86. The van der Waals surface area contributed by atoms with Crippen molar-refractivity contribution in [3.63, 3.8) is 0 Å². The number of carbonyl (C=O) groups is 2. The summed E-state index contributed by atoms with van der Waals surface area (Å²) in [7, 11) is 0. The van der Waals surface area contributed by atoms with Crippen LogP contribution in [0.3, 0.4) is 0 Å². The number of carbonyl (C=O) groups excluding carboxylic acids is 2. The van der Waals surface area contributed by atoms with E-state index in [2.05, 4.69) is 39.6 Å². The van der Waals surface area contributed by atoms with E-state index < -0.39 is 6.04 Å². The monoisotopic (exact) mass is 347 g/mol. The van der Waals surface area contributed by atoms with Gasteiger partial charge in [-0.25, -0.2) is 0 Å². The van der Waals surface area contributed by atoms with Crippen LogP contribution in [0.5, 0.6) is 0 Å². The number of fused-ring (bicyclic) bond motifs is 2. The molecule has 0 saturated heterocycles. The highest BCUT2D eigenvalue weighted by atomic mass is 16.2. The van der Waals surface area contributed by atoms with Crippen molar-refractivity contribution in [1.29, 1.82) is 0 Å². The lowest BCUT2D eigenvalue weighted by Crippen LogP contribution is -2.51. The van der Waals surface area contributed by atoms with Gasteiger partial charge in [-0.15, -0.1) is 0 Å².